The molecular weight excluding hydrogens is 1120 g/mol. The summed E-state index contributed by atoms with van der Waals surface area (Å²) in [5.41, 5.74) is 13.6. The zero-order chi connectivity index (χ0) is 59.5. The van der Waals surface area contributed by atoms with Crippen LogP contribution >= 0.6 is 22.7 Å². The number of benzene rings is 2. The lowest BCUT2D eigenvalue weighted by Gasteiger charge is -2.61. The van der Waals surface area contributed by atoms with Crippen molar-refractivity contribution in [2.45, 2.75) is 53.4 Å². The fourth-order valence-electron chi connectivity index (χ4n) is 12.5. The number of fused-ring (bicyclic) bond motifs is 2. The number of carboxylic acid groups (broad SMARTS) is 1. The van der Waals surface area contributed by atoms with Gasteiger partial charge >= 0.3 is 5.97 Å². The lowest BCUT2D eigenvalue weighted by Crippen LogP contribution is -2.73. The number of carbonyl (C=O) groups is 2. The van der Waals surface area contributed by atoms with Crippen molar-refractivity contribution >= 4 is 78.6 Å². The van der Waals surface area contributed by atoms with Crippen LogP contribution < -0.4 is 24.9 Å². The van der Waals surface area contributed by atoms with E-state index in [9.17, 15) is 28.9 Å². The Hall–Kier alpha value is -8.06. The number of carboxylic acids is 1. The fourth-order valence-corrected chi connectivity index (χ4v) is 14.2. The highest BCUT2D eigenvalue weighted by Gasteiger charge is 2.54. The molecule has 440 valence electrons. The third-order valence-electron chi connectivity index (χ3n) is 17.2. The van der Waals surface area contributed by atoms with Gasteiger partial charge in [-0.1, -0.05) is 36.5 Å². The number of aromatic nitrogens is 6. The van der Waals surface area contributed by atoms with Gasteiger partial charge in [-0.25, -0.2) is 27.8 Å². The Bertz CT molecular complexity index is 3920. The molecule has 2 aromatic carbocycles. The normalized spacial score (nSPS) is 18.8. The molecule has 6 aliphatic heterocycles. The number of anilines is 6. The molecule has 1 amide bonds. The number of likely N-dealkylation sites (tertiary alicyclic amines) is 1. The van der Waals surface area contributed by atoms with E-state index in [1.807, 2.05) is 37.8 Å². The maximum Gasteiger partial charge on any atom is 0.308 e. The standard InChI is InChI=1S/C31H32FN7O2S.C26H26FN7S.C5H8O3/c1-4-24-28(36(3)30-34-27(26(13-33)42-30)20-5-7-22(32)8-6-20)25-12-23(11-19(2)39(25)35-24)37-15-31(16-37)17-38(18-31)29(40)21-9-10-41-14-21;1-4-20-24(32(3)25-30-23(22(11-28)35-25)17-5-7-18(27)8-6-17)21-10-19(9-16(2)34(21)31-20)33-14-26(15-33)12-29-13-26;6-5(7)4-1-2-8-3-4/h5-8,11-12,21H,4,9-10,14-18H2,1-3H3;5-10,29H,4,12-15H2,1-3H3;4H,1-3H2,(H,6,7)/t21-;;4-/m1.1/s1. The average Bonchev–Trinajstić information content (AvgIpc) is 2.17. The molecule has 6 fully saturated rings. The number of carbonyl (C=O) groups excluding carboxylic acids is 1. The van der Waals surface area contributed by atoms with Crippen LogP contribution in [0.1, 0.15) is 59.2 Å². The molecule has 0 bridgehead atoms. The number of halogens is 2. The van der Waals surface area contributed by atoms with E-state index in [2.05, 4.69) is 79.2 Å². The van der Waals surface area contributed by atoms with Crippen molar-refractivity contribution in [3.05, 3.63) is 117 Å². The number of hydrogen-bond donors (Lipinski definition) is 2. The van der Waals surface area contributed by atoms with E-state index in [4.69, 9.17) is 34.7 Å². The molecule has 8 aromatic rings. The van der Waals surface area contributed by atoms with Gasteiger partial charge in [-0.05, 0) is 112 Å². The van der Waals surface area contributed by atoms with Gasteiger partial charge in [0.1, 0.15) is 44.9 Å². The second kappa shape index (κ2) is 23.1. The summed E-state index contributed by atoms with van der Waals surface area (Å²) in [4.78, 5) is 44.4. The van der Waals surface area contributed by atoms with Gasteiger partial charge in [0.25, 0.3) is 0 Å². The zero-order valence-electron chi connectivity index (χ0n) is 48.4. The molecule has 0 radical (unpaired) electrons. The van der Waals surface area contributed by atoms with Gasteiger partial charge in [0.2, 0.25) is 5.91 Å². The third kappa shape index (κ3) is 10.8. The number of nitriles is 2. The van der Waals surface area contributed by atoms with Crippen molar-refractivity contribution in [3.8, 4) is 34.7 Å². The maximum absolute atomic E-state index is 13.5. The summed E-state index contributed by atoms with van der Waals surface area (Å²) in [7, 11) is 3.94. The van der Waals surface area contributed by atoms with Gasteiger partial charge < -0.3 is 44.4 Å². The van der Waals surface area contributed by atoms with Crippen LogP contribution in [0.5, 0.6) is 0 Å². The second-order valence-electron chi connectivity index (χ2n) is 23.3. The number of amides is 1. The number of thiazole rings is 2. The quantitative estimate of drug-likeness (QED) is 0.117. The van der Waals surface area contributed by atoms with E-state index in [0.717, 1.165) is 128 Å². The lowest BCUT2D eigenvalue weighted by molar-refractivity contribution is -0.149. The number of hydrogen-bond acceptors (Lipinski definition) is 17. The minimum atomic E-state index is -0.734. The fraction of sp³-hybridized carbons (Fsp3) is 0.419. The van der Waals surface area contributed by atoms with E-state index < -0.39 is 5.97 Å². The second-order valence-corrected chi connectivity index (χ2v) is 25.2. The molecule has 6 saturated heterocycles. The van der Waals surface area contributed by atoms with Crippen molar-refractivity contribution < 1.29 is 33.0 Å². The predicted octanol–water partition coefficient (Wildman–Crippen LogP) is 9.42. The van der Waals surface area contributed by atoms with E-state index in [1.54, 1.807) is 24.3 Å². The summed E-state index contributed by atoms with van der Waals surface area (Å²) in [6.07, 6.45) is 3.02. The van der Waals surface area contributed by atoms with Gasteiger partial charge in [0, 0.05) is 124 Å². The molecule has 2 atom stereocenters. The van der Waals surface area contributed by atoms with Crippen LogP contribution in [0.15, 0.2) is 72.8 Å². The van der Waals surface area contributed by atoms with Crippen LogP contribution in [-0.4, -0.2) is 144 Å². The molecule has 0 saturated carbocycles. The first-order chi connectivity index (χ1) is 41.0. The summed E-state index contributed by atoms with van der Waals surface area (Å²) in [5, 5.41) is 42.6. The van der Waals surface area contributed by atoms with Crippen molar-refractivity contribution in [1.82, 2.24) is 39.4 Å². The molecule has 14 rings (SSSR count). The summed E-state index contributed by atoms with van der Waals surface area (Å²) in [6, 6.07) is 25.5. The van der Waals surface area contributed by atoms with Crippen LogP contribution in [0.25, 0.3) is 33.5 Å². The van der Waals surface area contributed by atoms with Crippen LogP contribution in [0.4, 0.5) is 41.8 Å². The van der Waals surface area contributed by atoms with Crippen molar-refractivity contribution in [2.75, 3.05) is 112 Å². The Morgan fingerprint density at radius 2 is 1.12 bits per heavy atom. The summed E-state index contributed by atoms with van der Waals surface area (Å²) in [5.74, 6) is -1.34. The van der Waals surface area contributed by atoms with Crippen LogP contribution in [0.3, 0.4) is 0 Å². The van der Waals surface area contributed by atoms with Gasteiger partial charge in [-0.2, -0.15) is 20.7 Å². The highest BCUT2D eigenvalue weighted by molar-refractivity contribution is 7.17. The summed E-state index contributed by atoms with van der Waals surface area (Å²) in [6.45, 7) is 18.5. The molecule has 12 heterocycles. The average molecular weight is 1190 g/mol. The van der Waals surface area contributed by atoms with Crippen molar-refractivity contribution in [3.63, 3.8) is 0 Å². The smallest absolute Gasteiger partial charge is 0.308 e. The van der Waals surface area contributed by atoms with Crippen LogP contribution in [-0.2, 0) is 31.9 Å². The maximum atomic E-state index is 13.5. The number of nitrogens with one attached hydrogen (secondary N) is 1. The number of rotatable bonds is 12. The minimum absolute atomic E-state index is 0.0301. The van der Waals surface area contributed by atoms with Gasteiger partial charge in [-0.15, -0.1) is 0 Å². The van der Waals surface area contributed by atoms with E-state index in [1.165, 1.54) is 52.6 Å². The van der Waals surface area contributed by atoms with E-state index in [-0.39, 0.29) is 34.8 Å². The SMILES string of the molecule is CCc1nn2c(C)cc(N3CC4(CN(C(=O)[C@@H]5CCOC5)C4)C3)cc2c1N(C)c1nc(-c2ccc(F)cc2)c(C#N)s1.CCc1nn2c(C)cc(N3CC4(CNC4)C3)cc2c1N(C)c1nc(-c2ccc(F)cc2)c(C#N)s1.O=C(O)[C@@H]1CCOC1. The first kappa shape index (κ1) is 57.4. The van der Waals surface area contributed by atoms with Crippen LogP contribution in [0, 0.1) is 70.8 Å². The Labute approximate surface area is 499 Å². The molecule has 85 heavy (non-hydrogen) atoms. The predicted molar refractivity (Wildman–Crippen MR) is 323 cm³/mol. The van der Waals surface area contributed by atoms with Crippen LogP contribution in [0.2, 0.25) is 0 Å². The van der Waals surface area contributed by atoms with Gasteiger partial charge in [0.05, 0.1) is 58.8 Å². The largest absolute Gasteiger partial charge is 0.481 e. The molecule has 19 nitrogen and oxygen atoms in total. The molecule has 0 aliphatic carbocycles. The minimum Gasteiger partial charge on any atom is -0.481 e. The molecule has 0 unspecified atom stereocenters. The number of aryl methyl sites for hydroxylation is 4. The number of ether oxygens (including phenoxy) is 2. The topological polar surface area (TPSA) is 209 Å². The highest BCUT2D eigenvalue weighted by atomic mass is 32.1. The number of aliphatic carboxylic acids is 1. The number of nitrogens with zero attached hydrogens (tertiary/aromatic N) is 13. The Balaban J connectivity index is 0.000000149. The van der Waals surface area contributed by atoms with E-state index in [0.29, 0.717) is 75.2 Å². The monoisotopic (exact) mass is 1190 g/mol. The molecule has 23 heteroatoms. The van der Waals surface area contributed by atoms with Gasteiger partial charge in [-0.3, -0.25) is 9.59 Å². The molecule has 2 spiro atoms. The Morgan fingerprint density at radius 1 is 0.682 bits per heavy atom. The Kier molecular flexibility index (Phi) is 15.6. The first-order valence-electron chi connectivity index (χ1n) is 28.7. The molecule has 2 N–H and O–H groups in total. The molecule has 6 aliphatic rings. The zero-order valence-corrected chi connectivity index (χ0v) is 50.0. The van der Waals surface area contributed by atoms with Crippen molar-refractivity contribution in [2.24, 2.45) is 22.7 Å². The molecule has 6 aromatic heterocycles. The van der Waals surface area contributed by atoms with Gasteiger partial charge in [0.15, 0.2) is 10.3 Å². The lowest BCUT2D eigenvalue weighted by atomic mass is 9.72. The number of pyridine rings is 2. The Morgan fingerprint density at radius 3 is 1.48 bits per heavy atom. The highest BCUT2D eigenvalue weighted by Crippen LogP contribution is 2.46. The summed E-state index contributed by atoms with van der Waals surface area (Å²) >= 11 is 2.66. The summed E-state index contributed by atoms with van der Waals surface area (Å²) < 4.78 is 41.2. The van der Waals surface area contributed by atoms with E-state index >= 15 is 0 Å². The molecular formula is C62H66F2N14O5S2. The first-order valence-corrected chi connectivity index (χ1v) is 30.4. The van der Waals surface area contributed by atoms with Crippen molar-refractivity contribution in [1.29, 1.82) is 10.5 Å². The third-order valence-corrected chi connectivity index (χ3v) is 19.3.